The molecule has 2 N–H and O–H groups in total. The maximum atomic E-state index is 9.28. The summed E-state index contributed by atoms with van der Waals surface area (Å²) in [6.07, 6.45) is 3.20. The van der Waals surface area contributed by atoms with Gasteiger partial charge in [0.05, 0.1) is 0 Å². The molecule has 1 aliphatic carbocycles. The number of hydrogen-bond donors (Lipinski definition) is 2. The van der Waals surface area contributed by atoms with E-state index in [4.69, 9.17) is 5.11 Å². The minimum Gasteiger partial charge on any atom is -0.508 e. The van der Waals surface area contributed by atoms with Crippen LogP contribution in [0.5, 0.6) is 5.75 Å². The molecule has 0 radical (unpaired) electrons. The number of fused-ring (bicyclic) bond motifs is 1. The summed E-state index contributed by atoms with van der Waals surface area (Å²) >= 11 is 0. The summed E-state index contributed by atoms with van der Waals surface area (Å²) in [5.41, 5.74) is 2.41. The Morgan fingerprint density at radius 2 is 2.23 bits per heavy atom. The number of benzene rings is 1. The van der Waals surface area contributed by atoms with E-state index in [1.54, 1.807) is 6.07 Å². The predicted octanol–water partition coefficient (Wildman–Crippen LogP) is 1.80. The number of aliphatic hydroxyl groups excluding tert-OH is 1. The number of aryl methyl sites for hydroxylation is 1. The van der Waals surface area contributed by atoms with Crippen molar-refractivity contribution < 1.29 is 10.2 Å². The van der Waals surface area contributed by atoms with Gasteiger partial charge >= 0.3 is 0 Å². The maximum Gasteiger partial charge on any atom is 0.115 e. The van der Waals surface area contributed by atoms with E-state index in [2.05, 4.69) is 0 Å². The molecule has 0 fully saturated rings. The molecule has 1 unspecified atom stereocenters. The predicted molar refractivity (Wildman–Crippen MR) is 50.9 cm³/mol. The molecule has 0 amide bonds. The van der Waals surface area contributed by atoms with Crippen molar-refractivity contribution in [3.63, 3.8) is 0 Å². The molecule has 0 aliphatic heterocycles. The van der Waals surface area contributed by atoms with Gasteiger partial charge in [0.2, 0.25) is 0 Å². The van der Waals surface area contributed by atoms with Crippen LogP contribution < -0.4 is 0 Å². The highest BCUT2D eigenvalue weighted by Gasteiger charge is 2.19. The summed E-state index contributed by atoms with van der Waals surface area (Å²) in [5.74, 6) is 0.613. The number of phenols is 1. The van der Waals surface area contributed by atoms with Crippen LogP contribution in [0.25, 0.3) is 0 Å². The number of aromatic hydroxyl groups is 1. The smallest absolute Gasteiger partial charge is 0.115 e. The lowest BCUT2D eigenvalue weighted by molar-refractivity contribution is 0.253. The zero-order valence-electron chi connectivity index (χ0n) is 7.53. The third-order valence-corrected chi connectivity index (χ3v) is 2.79. The Hall–Kier alpha value is -1.02. The molecular weight excluding hydrogens is 164 g/mol. The minimum atomic E-state index is 0.220. The fraction of sp³-hybridized carbons (Fsp3) is 0.455. The summed E-state index contributed by atoms with van der Waals surface area (Å²) in [4.78, 5) is 0. The number of phenolic OH excluding ortho intramolecular Hbond substituents is 1. The van der Waals surface area contributed by atoms with Gasteiger partial charge in [-0.1, -0.05) is 6.07 Å². The summed E-state index contributed by atoms with van der Waals surface area (Å²) in [6.45, 7) is 0.220. The van der Waals surface area contributed by atoms with Gasteiger partial charge in [-0.05, 0) is 42.5 Å². The third-order valence-electron chi connectivity index (χ3n) is 2.79. The van der Waals surface area contributed by atoms with Crippen LogP contribution in [0, 0.1) is 0 Å². The summed E-state index contributed by atoms with van der Waals surface area (Å²) in [5, 5.41) is 18.4. The van der Waals surface area contributed by atoms with E-state index >= 15 is 0 Å². The van der Waals surface area contributed by atoms with Gasteiger partial charge in [-0.2, -0.15) is 0 Å². The molecule has 0 saturated carbocycles. The molecule has 0 heterocycles. The van der Waals surface area contributed by atoms with Crippen molar-refractivity contribution in [2.75, 3.05) is 6.61 Å². The number of hydrogen-bond acceptors (Lipinski definition) is 2. The molecule has 0 spiro atoms. The second kappa shape index (κ2) is 3.38. The van der Waals surface area contributed by atoms with Crippen LogP contribution in [0.2, 0.25) is 0 Å². The Morgan fingerprint density at radius 1 is 1.38 bits per heavy atom. The highest BCUT2D eigenvalue weighted by atomic mass is 16.3. The Morgan fingerprint density at radius 3 is 3.00 bits per heavy atom. The van der Waals surface area contributed by atoms with Gasteiger partial charge in [-0.3, -0.25) is 0 Å². The molecule has 13 heavy (non-hydrogen) atoms. The average molecular weight is 178 g/mol. The molecule has 2 rings (SSSR count). The standard InChI is InChI=1S/C11H14O2/c12-7-9-3-1-2-8-6-10(13)4-5-11(8)9/h4-6,9,12-13H,1-3,7H2. The maximum absolute atomic E-state index is 9.28. The van der Waals surface area contributed by atoms with E-state index in [0.717, 1.165) is 19.3 Å². The second-order valence-corrected chi connectivity index (χ2v) is 3.65. The van der Waals surface area contributed by atoms with Crippen molar-refractivity contribution in [1.82, 2.24) is 0 Å². The van der Waals surface area contributed by atoms with Crippen LogP contribution >= 0.6 is 0 Å². The molecule has 1 aliphatic rings. The molecule has 1 atom stereocenters. The van der Waals surface area contributed by atoms with E-state index in [1.807, 2.05) is 12.1 Å². The minimum absolute atomic E-state index is 0.220. The molecule has 0 aromatic heterocycles. The first-order valence-corrected chi connectivity index (χ1v) is 4.74. The first-order valence-electron chi connectivity index (χ1n) is 4.74. The quantitative estimate of drug-likeness (QED) is 0.688. The summed E-state index contributed by atoms with van der Waals surface area (Å²) < 4.78 is 0. The molecule has 2 nitrogen and oxygen atoms in total. The van der Waals surface area contributed by atoms with Gasteiger partial charge in [0.15, 0.2) is 0 Å². The van der Waals surface area contributed by atoms with E-state index < -0.39 is 0 Å². The molecule has 0 saturated heterocycles. The zero-order chi connectivity index (χ0) is 9.26. The first-order chi connectivity index (χ1) is 6.31. The van der Waals surface area contributed by atoms with Gasteiger partial charge in [-0.25, -0.2) is 0 Å². The van der Waals surface area contributed by atoms with Crippen LogP contribution in [0.3, 0.4) is 0 Å². The van der Waals surface area contributed by atoms with Crippen LogP contribution in [0.15, 0.2) is 18.2 Å². The van der Waals surface area contributed by atoms with Crippen molar-refractivity contribution >= 4 is 0 Å². The van der Waals surface area contributed by atoms with E-state index in [9.17, 15) is 5.11 Å². The van der Waals surface area contributed by atoms with E-state index in [0.29, 0.717) is 5.75 Å². The fourth-order valence-electron chi connectivity index (χ4n) is 2.09. The average Bonchev–Trinajstić information content (AvgIpc) is 2.16. The third kappa shape index (κ3) is 1.54. The van der Waals surface area contributed by atoms with Crippen molar-refractivity contribution in [3.8, 4) is 5.75 Å². The lowest BCUT2D eigenvalue weighted by Crippen LogP contribution is -2.12. The van der Waals surface area contributed by atoms with E-state index in [-0.39, 0.29) is 12.5 Å². The Balaban J connectivity index is 2.40. The first kappa shape index (κ1) is 8.57. The molecular formula is C11H14O2. The van der Waals surface area contributed by atoms with Crippen LogP contribution in [0.4, 0.5) is 0 Å². The van der Waals surface area contributed by atoms with Crippen LogP contribution in [-0.2, 0) is 6.42 Å². The SMILES string of the molecule is OCC1CCCc2cc(O)ccc21. The number of rotatable bonds is 1. The Kier molecular flexibility index (Phi) is 2.23. The molecule has 0 bridgehead atoms. The second-order valence-electron chi connectivity index (χ2n) is 3.65. The summed E-state index contributed by atoms with van der Waals surface area (Å²) in [7, 11) is 0. The van der Waals surface area contributed by atoms with E-state index in [1.165, 1.54) is 11.1 Å². The van der Waals surface area contributed by atoms with Gasteiger partial charge in [0, 0.05) is 12.5 Å². The van der Waals surface area contributed by atoms with Crippen LogP contribution in [-0.4, -0.2) is 16.8 Å². The Bertz CT molecular complexity index is 307. The monoisotopic (exact) mass is 178 g/mol. The topological polar surface area (TPSA) is 40.5 Å². The lowest BCUT2D eigenvalue weighted by atomic mass is 9.83. The lowest BCUT2D eigenvalue weighted by Gasteiger charge is -2.23. The fourth-order valence-corrected chi connectivity index (χ4v) is 2.09. The molecule has 1 aromatic carbocycles. The van der Waals surface area contributed by atoms with Gasteiger partial charge < -0.3 is 10.2 Å². The molecule has 70 valence electrons. The number of aliphatic hydroxyl groups is 1. The van der Waals surface area contributed by atoms with Gasteiger partial charge in [0.1, 0.15) is 5.75 Å². The highest BCUT2D eigenvalue weighted by Crippen LogP contribution is 2.32. The van der Waals surface area contributed by atoms with Gasteiger partial charge in [0.25, 0.3) is 0 Å². The van der Waals surface area contributed by atoms with Crippen molar-refractivity contribution in [2.45, 2.75) is 25.2 Å². The van der Waals surface area contributed by atoms with Gasteiger partial charge in [-0.15, -0.1) is 0 Å². The highest BCUT2D eigenvalue weighted by molar-refractivity contribution is 5.38. The summed E-state index contributed by atoms with van der Waals surface area (Å²) in [6, 6.07) is 5.45. The van der Waals surface area contributed by atoms with Crippen LogP contribution in [0.1, 0.15) is 29.9 Å². The molecule has 1 aromatic rings. The normalized spacial score (nSPS) is 21.2. The van der Waals surface area contributed by atoms with Crippen molar-refractivity contribution in [2.24, 2.45) is 0 Å². The largest absolute Gasteiger partial charge is 0.508 e. The Labute approximate surface area is 77.8 Å². The van der Waals surface area contributed by atoms with Crippen molar-refractivity contribution in [1.29, 1.82) is 0 Å². The van der Waals surface area contributed by atoms with Crippen molar-refractivity contribution in [3.05, 3.63) is 29.3 Å². The zero-order valence-corrected chi connectivity index (χ0v) is 7.53. The molecule has 2 heteroatoms.